The van der Waals surface area contributed by atoms with Gasteiger partial charge < -0.3 is 15.0 Å². The highest BCUT2D eigenvalue weighted by Gasteiger charge is 2.22. The van der Waals surface area contributed by atoms with Crippen molar-refractivity contribution in [1.82, 2.24) is 4.90 Å². The summed E-state index contributed by atoms with van der Waals surface area (Å²) in [5.41, 5.74) is 1.82. The van der Waals surface area contributed by atoms with Crippen LogP contribution in [-0.2, 0) is 14.3 Å². The maximum absolute atomic E-state index is 12.3. The van der Waals surface area contributed by atoms with Crippen LogP contribution in [0.2, 0.25) is 0 Å². The van der Waals surface area contributed by atoms with E-state index in [1.807, 2.05) is 18.9 Å². The van der Waals surface area contributed by atoms with Crippen molar-refractivity contribution in [1.29, 1.82) is 0 Å². The Morgan fingerprint density at radius 1 is 1.19 bits per heavy atom. The molecular formula is C20H28N2O4S. The van der Waals surface area contributed by atoms with E-state index < -0.39 is 5.97 Å². The van der Waals surface area contributed by atoms with Crippen LogP contribution in [0.15, 0.2) is 18.2 Å². The Morgan fingerprint density at radius 3 is 2.56 bits per heavy atom. The quantitative estimate of drug-likeness (QED) is 0.721. The average Bonchev–Trinajstić information content (AvgIpc) is 2.69. The number of nitrogens with zero attached hydrogens (tertiary/aromatic N) is 1. The number of rotatable bonds is 7. The standard InChI is InChI=1S/C20H28N2O4S/c1-14-9-10-15(20(25)26-3)11-17(14)21-18(23)12-27-13-19(24)22(2)16-7-5-4-6-8-16/h9-11,16H,4-8,12-13H2,1-3H3,(H,21,23). The molecule has 0 aliphatic heterocycles. The van der Waals surface area contributed by atoms with E-state index >= 15 is 0 Å². The lowest BCUT2D eigenvalue weighted by atomic mass is 9.94. The number of benzene rings is 1. The Bertz CT molecular complexity index is 687. The van der Waals surface area contributed by atoms with Crippen molar-refractivity contribution in [2.45, 2.75) is 45.1 Å². The second-order valence-electron chi connectivity index (χ2n) is 6.86. The number of aryl methyl sites for hydroxylation is 1. The van der Waals surface area contributed by atoms with Gasteiger partial charge in [0.05, 0.1) is 24.2 Å². The summed E-state index contributed by atoms with van der Waals surface area (Å²) in [6, 6.07) is 5.36. The molecular weight excluding hydrogens is 364 g/mol. The Labute approximate surface area is 165 Å². The molecule has 27 heavy (non-hydrogen) atoms. The second kappa shape index (κ2) is 10.3. The molecule has 0 heterocycles. The number of methoxy groups -OCH3 is 1. The molecule has 1 N–H and O–H groups in total. The number of amides is 2. The number of ether oxygens (including phenoxy) is 1. The molecule has 1 aromatic rings. The molecule has 2 amide bonds. The van der Waals surface area contributed by atoms with Crippen LogP contribution in [-0.4, -0.2) is 54.4 Å². The van der Waals surface area contributed by atoms with Gasteiger partial charge >= 0.3 is 5.97 Å². The van der Waals surface area contributed by atoms with Crippen LogP contribution < -0.4 is 5.32 Å². The molecule has 6 nitrogen and oxygen atoms in total. The molecule has 0 spiro atoms. The third-order valence-corrected chi connectivity index (χ3v) is 5.82. The van der Waals surface area contributed by atoms with Crippen molar-refractivity contribution in [3.05, 3.63) is 29.3 Å². The van der Waals surface area contributed by atoms with Crippen LogP contribution in [0, 0.1) is 6.92 Å². The molecule has 1 aromatic carbocycles. The number of hydrogen-bond donors (Lipinski definition) is 1. The Morgan fingerprint density at radius 2 is 1.89 bits per heavy atom. The number of carbonyl (C=O) groups excluding carboxylic acids is 3. The predicted molar refractivity (Wildman–Crippen MR) is 108 cm³/mol. The van der Waals surface area contributed by atoms with Gasteiger partial charge in [-0.15, -0.1) is 11.8 Å². The molecule has 0 saturated heterocycles. The third-order valence-electron chi connectivity index (χ3n) is 4.91. The molecule has 0 atom stereocenters. The van der Waals surface area contributed by atoms with E-state index in [0.29, 0.717) is 23.0 Å². The molecule has 1 fully saturated rings. The van der Waals surface area contributed by atoms with Gasteiger partial charge in [-0.1, -0.05) is 25.3 Å². The molecule has 0 aromatic heterocycles. The summed E-state index contributed by atoms with van der Waals surface area (Å²) in [6.45, 7) is 1.85. The molecule has 2 rings (SSSR count). The van der Waals surface area contributed by atoms with Crippen molar-refractivity contribution in [2.24, 2.45) is 0 Å². The van der Waals surface area contributed by atoms with Gasteiger partial charge in [0.15, 0.2) is 0 Å². The molecule has 1 aliphatic carbocycles. The first-order chi connectivity index (χ1) is 12.9. The summed E-state index contributed by atoms with van der Waals surface area (Å²) < 4.78 is 4.70. The lowest BCUT2D eigenvalue weighted by molar-refractivity contribution is -0.129. The van der Waals surface area contributed by atoms with Crippen molar-refractivity contribution >= 4 is 35.2 Å². The average molecular weight is 393 g/mol. The lowest BCUT2D eigenvalue weighted by Gasteiger charge is -2.31. The highest BCUT2D eigenvalue weighted by Crippen LogP contribution is 2.22. The lowest BCUT2D eigenvalue weighted by Crippen LogP contribution is -2.39. The smallest absolute Gasteiger partial charge is 0.337 e. The topological polar surface area (TPSA) is 75.7 Å². The van der Waals surface area contributed by atoms with Gasteiger partial charge in [-0.05, 0) is 37.5 Å². The van der Waals surface area contributed by atoms with E-state index in [0.717, 1.165) is 18.4 Å². The number of esters is 1. The van der Waals surface area contributed by atoms with Crippen LogP contribution in [0.25, 0.3) is 0 Å². The molecule has 0 radical (unpaired) electrons. The number of carbonyl (C=O) groups is 3. The normalized spacial score (nSPS) is 14.5. The van der Waals surface area contributed by atoms with Gasteiger partial charge in [0, 0.05) is 18.8 Å². The first-order valence-electron chi connectivity index (χ1n) is 9.24. The van der Waals surface area contributed by atoms with Crippen LogP contribution in [0.3, 0.4) is 0 Å². The number of hydrogen-bond acceptors (Lipinski definition) is 5. The van der Waals surface area contributed by atoms with Gasteiger partial charge in [0.1, 0.15) is 0 Å². The zero-order valence-electron chi connectivity index (χ0n) is 16.2. The van der Waals surface area contributed by atoms with Crippen molar-refractivity contribution in [3.8, 4) is 0 Å². The summed E-state index contributed by atoms with van der Waals surface area (Å²) in [7, 11) is 3.18. The van der Waals surface area contributed by atoms with Crippen LogP contribution >= 0.6 is 11.8 Å². The van der Waals surface area contributed by atoms with Crippen molar-refractivity contribution in [3.63, 3.8) is 0 Å². The summed E-state index contributed by atoms with van der Waals surface area (Å²) >= 11 is 1.31. The summed E-state index contributed by atoms with van der Waals surface area (Å²) in [5, 5.41) is 2.80. The molecule has 148 valence electrons. The van der Waals surface area contributed by atoms with E-state index in [1.54, 1.807) is 18.2 Å². The molecule has 0 bridgehead atoms. The van der Waals surface area contributed by atoms with Crippen molar-refractivity contribution in [2.75, 3.05) is 31.0 Å². The maximum atomic E-state index is 12.3. The van der Waals surface area contributed by atoms with Crippen LogP contribution in [0.1, 0.15) is 48.0 Å². The zero-order chi connectivity index (χ0) is 19.8. The highest BCUT2D eigenvalue weighted by molar-refractivity contribution is 8.00. The molecule has 1 aliphatic rings. The zero-order valence-corrected chi connectivity index (χ0v) is 17.1. The maximum Gasteiger partial charge on any atom is 0.337 e. The first kappa shape index (κ1) is 21.3. The Balaban J connectivity index is 1.80. The number of nitrogens with one attached hydrogen (secondary N) is 1. The van der Waals surface area contributed by atoms with E-state index in [2.05, 4.69) is 5.32 Å². The van der Waals surface area contributed by atoms with Gasteiger partial charge in [-0.2, -0.15) is 0 Å². The monoisotopic (exact) mass is 392 g/mol. The third kappa shape index (κ3) is 6.27. The van der Waals surface area contributed by atoms with Crippen molar-refractivity contribution < 1.29 is 19.1 Å². The number of thioether (sulfide) groups is 1. The van der Waals surface area contributed by atoms with Gasteiger partial charge in [0.2, 0.25) is 11.8 Å². The first-order valence-corrected chi connectivity index (χ1v) is 10.4. The SMILES string of the molecule is COC(=O)c1ccc(C)c(NC(=O)CSCC(=O)N(C)C2CCCCC2)c1. The summed E-state index contributed by atoms with van der Waals surface area (Å²) in [5.74, 6) is -0.0914. The van der Waals surface area contributed by atoms with E-state index in [1.165, 1.54) is 38.1 Å². The number of anilines is 1. The highest BCUT2D eigenvalue weighted by atomic mass is 32.2. The molecule has 7 heteroatoms. The fraction of sp³-hybridized carbons (Fsp3) is 0.550. The van der Waals surface area contributed by atoms with E-state index in [4.69, 9.17) is 4.74 Å². The minimum absolute atomic E-state index is 0.0727. The van der Waals surface area contributed by atoms with Gasteiger partial charge in [0.25, 0.3) is 0 Å². The fourth-order valence-electron chi connectivity index (χ4n) is 3.19. The van der Waals surface area contributed by atoms with E-state index in [9.17, 15) is 14.4 Å². The van der Waals surface area contributed by atoms with Crippen LogP contribution in [0.4, 0.5) is 5.69 Å². The molecule has 0 unspecified atom stereocenters. The second-order valence-corrected chi connectivity index (χ2v) is 7.84. The Kier molecular flexibility index (Phi) is 8.16. The predicted octanol–water partition coefficient (Wildman–Crippen LogP) is 3.24. The van der Waals surface area contributed by atoms with Crippen LogP contribution in [0.5, 0.6) is 0 Å². The van der Waals surface area contributed by atoms with Gasteiger partial charge in [-0.25, -0.2) is 4.79 Å². The summed E-state index contributed by atoms with van der Waals surface area (Å²) in [4.78, 5) is 38.0. The minimum atomic E-state index is -0.448. The fourth-order valence-corrected chi connectivity index (χ4v) is 3.93. The van der Waals surface area contributed by atoms with Gasteiger partial charge in [-0.3, -0.25) is 9.59 Å². The molecule has 1 saturated carbocycles. The minimum Gasteiger partial charge on any atom is -0.465 e. The largest absolute Gasteiger partial charge is 0.465 e. The summed E-state index contributed by atoms with van der Waals surface area (Å²) in [6.07, 6.45) is 5.76. The van der Waals surface area contributed by atoms with E-state index in [-0.39, 0.29) is 17.6 Å². The Hall–Kier alpha value is -2.02.